The van der Waals surface area contributed by atoms with E-state index in [1.807, 2.05) is 0 Å². The molecule has 0 aliphatic rings. The minimum absolute atomic E-state index is 0.245. The van der Waals surface area contributed by atoms with Gasteiger partial charge in [0.15, 0.2) is 0 Å². The third kappa shape index (κ3) is 2.80. The van der Waals surface area contributed by atoms with E-state index >= 15 is 0 Å². The highest BCUT2D eigenvalue weighted by molar-refractivity contribution is 9.10. The van der Waals surface area contributed by atoms with Crippen molar-refractivity contribution in [3.8, 4) is 0 Å². The van der Waals surface area contributed by atoms with Crippen molar-refractivity contribution in [3.63, 3.8) is 0 Å². The fraction of sp³-hybridized carbons (Fsp3) is 0.455. The van der Waals surface area contributed by atoms with Gasteiger partial charge in [0, 0.05) is 17.1 Å². The van der Waals surface area contributed by atoms with Gasteiger partial charge in [0.25, 0.3) is 0 Å². The maximum atomic E-state index is 5.71. The molecular weight excluding hydrogens is 240 g/mol. The molecule has 14 heavy (non-hydrogen) atoms. The summed E-state index contributed by atoms with van der Waals surface area (Å²) in [4.78, 5) is 0. The summed E-state index contributed by atoms with van der Waals surface area (Å²) < 4.78 is 1.13. The van der Waals surface area contributed by atoms with Crippen molar-refractivity contribution in [1.29, 1.82) is 0 Å². The minimum atomic E-state index is 0.245. The molecule has 0 heterocycles. The van der Waals surface area contributed by atoms with Crippen LogP contribution in [0.25, 0.3) is 0 Å². The lowest BCUT2D eigenvalue weighted by molar-refractivity contribution is 0.560. The van der Waals surface area contributed by atoms with Crippen molar-refractivity contribution in [3.05, 3.63) is 33.8 Å². The fourth-order valence-electron chi connectivity index (χ4n) is 1.48. The van der Waals surface area contributed by atoms with Crippen molar-refractivity contribution in [2.75, 3.05) is 13.1 Å². The number of halogens is 1. The molecule has 1 unspecified atom stereocenters. The van der Waals surface area contributed by atoms with E-state index in [2.05, 4.69) is 53.3 Å². The number of benzene rings is 1. The van der Waals surface area contributed by atoms with Crippen LogP contribution in [0.3, 0.4) is 0 Å². The number of aryl methyl sites for hydroxylation is 1. The Morgan fingerprint density at radius 1 is 1.50 bits per heavy atom. The zero-order valence-electron chi connectivity index (χ0n) is 8.68. The van der Waals surface area contributed by atoms with E-state index in [4.69, 9.17) is 5.73 Å². The summed E-state index contributed by atoms with van der Waals surface area (Å²) in [6, 6.07) is 6.60. The Labute approximate surface area is 94.0 Å². The largest absolute Gasteiger partial charge is 0.329 e. The van der Waals surface area contributed by atoms with E-state index in [9.17, 15) is 0 Å². The summed E-state index contributed by atoms with van der Waals surface area (Å²) >= 11 is 3.56. The van der Waals surface area contributed by atoms with E-state index in [-0.39, 0.29) is 6.04 Å². The molecule has 0 saturated carbocycles. The van der Waals surface area contributed by atoms with Crippen LogP contribution in [0.1, 0.15) is 24.1 Å². The molecule has 2 nitrogen and oxygen atoms in total. The Morgan fingerprint density at radius 2 is 2.21 bits per heavy atom. The van der Waals surface area contributed by atoms with E-state index in [1.54, 1.807) is 0 Å². The van der Waals surface area contributed by atoms with Gasteiger partial charge < -0.3 is 11.1 Å². The summed E-state index contributed by atoms with van der Waals surface area (Å²) in [6.07, 6.45) is 0. The second-order valence-corrected chi connectivity index (χ2v) is 4.23. The Morgan fingerprint density at radius 3 is 2.71 bits per heavy atom. The van der Waals surface area contributed by atoms with Crippen LogP contribution in [0.15, 0.2) is 22.7 Å². The van der Waals surface area contributed by atoms with Crippen LogP contribution < -0.4 is 11.1 Å². The Hall–Kier alpha value is -0.380. The first-order valence-corrected chi connectivity index (χ1v) is 5.67. The van der Waals surface area contributed by atoms with Crippen LogP contribution in [-0.2, 0) is 0 Å². The molecule has 0 spiro atoms. The van der Waals surface area contributed by atoms with Crippen molar-refractivity contribution >= 4 is 15.9 Å². The highest BCUT2D eigenvalue weighted by atomic mass is 79.9. The molecule has 0 aromatic heterocycles. The number of nitrogens with one attached hydrogen (secondary N) is 1. The Balaban J connectivity index is 2.92. The molecule has 0 bridgehead atoms. The lowest BCUT2D eigenvalue weighted by atomic mass is 10.1. The Bertz CT molecular complexity index is 299. The standard InChI is InChI=1S/C11H17BrN2/c1-3-14-11(7-13)9-5-4-8(2)6-10(9)12/h4-6,11,14H,3,7,13H2,1-2H3. The number of hydrogen-bond donors (Lipinski definition) is 2. The van der Waals surface area contributed by atoms with E-state index in [0.29, 0.717) is 6.54 Å². The maximum Gasteiger partial charge on any atom is 0.0455 e. The molecule has 3 N–H and O–H groups in total. The lowest BCUT2D eigenvalue weighted by Gasteiger charge is -2.17. The molecule has 0 radical (unpaired) electrons. The summed E-state index contributed by atoms with van der Waals surface area (Å²) in [5.41, 5.74) is 8.21. The second-order valence-electron chi connectivity index (χ2n) is 3.37. The number of nitrogens with two attached hydrogens (primary N) is 1. The average molecular weight is 257 g/mol. The van der Waals surface area contributed by atoms with Crippen molar-refractivity contribution in [2.24, 2.45) is 5.73 Å². The normalized spacial score (nSPS) is 12.9. The molecule has 1 rings (SSSR count). The first kappa shape index (κ1) is 11.7. The topological polar surface area (TPSA) is 38.0 Å². The number of rotatable bonds is 4. The average Bonchev–Trinajstić information content (AvgIpc) is 2.15. The first-order valence-electron chi connectivity index (χ1n) is 4.88. The van der Waals surface area contributed by atoms with Crippen LogP contribution >= 0.6 is 15.9 Å². The van der Waals surface area contributed by atoms with Crippen molar-refractivity contribution in [1.82, 2.24) is 5.32 Å². The van der Waals surface area contributed by atoms with Gasteiger partial charge in [0.1, 0.15) is 0 Å². The molecule has 0 aliphatic carbocycles. The van der Waals surface area contributed by atoms with Crippen LogP contribution in [0, 0.1) is 6.92 Å². The van der Waals surface area contributed by atoms with Gasteiger partial charge in [0.2, 0.25) is 0 Å². The van der Waals surface area contributed by atoms with E-state index in [1.165, 1.54) is 11.1 Å². The van der Waals surface area contributed by atoms with Crippen LogP contribution in [0.5, 0.6) is 0 Å². The lowest BCUT2D eigenvalue weighted by Crippen LogP contribution is -2.28. The SMILES string of the molecule is CCNC(CN)c1ccc(C)cc1Br. The van der Waals surface area contributed by atoms with Gasteiger partial charge in [-0.2, -0.15) is 0 Å². The molecule has 3 heteroatoms. The van der Waals surface area contributed by atoms with Crippen LogP contribution in [0.4, 0.5) is 0 Å². The van der Waals surface area contributed by atoms with Gasteiger partial charge in [-0.1, -0.05) is 35.0 Å². The minimum Gasteiger partial charge on any atom is -0.329 e. The zero-order valence-corrected chi connectivity index (χ0v) is 10.3. The number of likely N-dealkylation sites (N-methyl/N-ethyl adjacent to an activating group) is 1. The van der Waals surface area contributed by atoms with Crippen LogP contribution in [-0.4, -0.2) is 13.1 Å². The van der Waals surface area contributed by atoms with Crippen molar-refractivity contribution < 1.29 is 0 Å². The predicted octanol–water partition coefficient (Wildman–Crippen LogP) is 2.37. The molecule has 0 saturated heterocycles. The summed E-state index contributed by atoms with van der Waals surface area (Å²) in [7, 11) is 0. The summed E-state index contributed by atoms with van der Waals surface area (Å²) in [6.45, 7) is 5.72. The molecule has 0 fully saturated rings. The van der Waals surface area contributed by atoms with E-state index in [0.717, 1.165) is 11.0 Å². The zero-order chi connectivity index (χ0) is 10.6. The molecule has 1 aromatic rings. The third-order valence-corrected chi connectivity index (χ3v) is 2.90. The predicted molar refractivity (Wildman–Crippen MR) is 64.4 cm³/mol. The molecule has 1 aromatic carbocycles. The maximum absolute atomic E-state index is 5.71. The highest BCUT2D eigenvalue weighted by Crippen LogP contribution is 2.23. The first-order chi connectivity index (χ1) is 6.69. The van der Waals surface area contributed by atoms with Gasteiger partial charge >= 0.3 is 0 Å². The monoisotopic (exact) mass is 256 g/mol. The van der Waals surface area contributed by atoms with Gasteiger partial charge in [0.05, 0.1) is 0 Å². The van der Waals surface area contributed by atoms with Gasteiger partial charge in [-0.15, -0.1) is 0 Å². The van der Waals surface area contributed by atoms with Crippen LogP contribution in [0.2, 0.25) is 0 Å². The summed E-state index contributed by atoms with van der Waals surface area (Å²) in [5.74, 6) is 0. The van der Waals surface area contributed by atoms with Gasteiger partial charge in [-0.25, -0.2) is 0 Å². The molecule has 1 atom stereocenters. The second kappa shape index (κ2) is 5.49. The smallest absolute Gasteiger partial charge is 0.0455 e. The summed E-state index contributed by atoms with van der Waals surface area (Å²) in [5, 5.41) is 3.35. The molecule has 0 amide bonds. The van der Waals surface area contributed by atoms with E-state index < -0.39 is 0 Å². The fourth-order valence-corrected chi connectivity index (χ4v) is 2.25. The number of hydrogen-bond acceptors (Lipinski definition) is 2. The van der Waals surface area contributed by atoms with Gasteiger partial charge in [-0.05, 0) is 30.7 Å². The Kier molecular flexibility index (Phi) is 4.58. The van der Waals surface area contributed by atoms with Gasteiger partial charge in [-0.3, -0.25) is 0 Å². The molecular formula is C11H17BrN2. The highest BCUT2D eigenvalue weighted by Gasteiger charge is 2.10. The van der Waals surface area contributed by atoms with Crippen molar-refractivity contribution in [2.45, 2.75) is 19.9 Å². The quantitative estimate of drug-likeness (QED) is 0.869. The third-order valence-electron chi connectivity index (χ3n) is 2.22. The molecule has 0 aliphatic heterocycles. The molecule has 78 valence electrons.